The molecule has 5 heterocycles. The van der Waals surface area contributed by atoms with E-state index in [2.05, 4.69) is 11.1 Å². The molecule has 1 fully saturated rings. The molecule has 1 aromatic heterocycles. The lowest BCUT2D eigenvalue weighted by atomic mass is 10.0. The van der Waals surface area contributed by atoms with Gasteiger partial charge in [-0.2, -0.15) is 5.26 Å². The average molecular weight is 474 g/mol. The molecule has 8 nitrogen and oxygen atoms in total. The van der Waals surface area contributed by atoms with Crippen LogP contribution in [0.3, 0.4) is 0 Å². The van der Waals surface area contributed by atoms with Gasteiger partial charge in [0, 0.05) is 31.1 Å². The van der Waals surface area contributed by atoms with Gasteiger partial charge in [0.2, 0.25) is 5.91 Å². The molecule has 0 unspecified atom stereocenters. The van der Waals surface area contributed by atoms with Crippen LogP contribution in [0.2, 0.25) is 5.02 Å². The molecule has 9 heteroatoms. The number of aryl methyl sites for hydroxylation is 1. The summed E-state index contributed by atoms with van der Waals surface area (Å²) < 4.78 is 8.13. The normalized spacial score (nSPS) is 19.1. The highest BCUT2D eigenvalue weighted by atomic mass is 35.5. The van der Waals surface area contributed by atoms with Crippen LogP contribution >= 0.6 is 11.6 Å². The summed E-state index contributed by atoms with van der Waals surface area (Å²) in [5, 5.41) is 10.2. The van der Waals surface area contributed by atoms with Crippen molar-refractivity contribution in [1.82, 2.24) is 19.4 Å². The summed E-state index contributed by atoms with van der Waals surface area (Å²) in [5.74, 6) is 1.48. The third-order valence-electron chi connectivity index (χ3n) is 6.77. The Labute approximate surface area is 200 Å². The Balaban J connectivity index is 1.52. The lowest BCUT2D eigenvalue weighted by molar-refractivity contribution is -0.135. The zero-order valence-electron chi connectivity index (χ0n) is 18.2. The third-order valence-corrected chi connectivity index (χ3v) is 7.14. The molecule has 2 amide bonds. The van der Waals surface area contributed by atoms with Crippen molar-refractivity contribution in [3.63, 3.8) is 0 Å². The number of ether oxygens (including phenoxy) is 1. The maximum atomic E-state index is 13.4. The Bertz CT molecular complexity index is 1390. The highest BCUT2D eigenvalue weighted by molar-refractivity contribution is 6.31. The predicted molar refractivity (Wildman–Crippen MR) is 123 cm³/mol. The molecule has 1 atom stereocenters. The first kappa shape index (κ1) is 20.8. The number of rotatable bonds is 0. The maximum Gasteiger partial charge on any atom is 0.272 e. The molecule has 0 radical (unpaired) electrons. The summed E-state index contributed by atoms with van der Waals surface area (Å²) in [6.07, 6.45) is 3.13. The fraction of sp³-hybridized carbons (Fsp3) is 0.280. The summed E-state index contributed by atoms with van der Waals surface area (Å²) in [6.45, 7) is 1.17. The van der Waals surface area contributed by atoms with E-state index in [4.69, 9.17) is 16.3 Å². The topological polar surface area (TPSA) is 91.5 Å². The Morgan fingerprint density at radius 3 is 2.76 bits per heavy atom. The third kappa shape index (κ3) is 3.32. The number of hydrogen-bond acceptors (Lipinski definition) is 5. The van der Waals surface area contributed by atoms with Gasteiger partial charge < -0.3 is 19.1 Å². The number of aromatic nitrogens is 2. The van der Waals surface area contributed by atoms with Crippen molar-refractivity contribution in [1.29, 1.82) is 5.26 Å². The second kappa shape index (κ2) is 7.89. The van der Waals surface area contributed by atoms with Crippen molar-refractivity contribution in [2.24, 2.45) is 0 Å². The van der Waals surface area contributed by atoms with Gasteiger partial charge in [0.15, 0.2) is 0 Å². The highest BCUT2D eigenvalue weighted by Gasteiger charge is 2.34. The molecular formula is C25H20ClN5O3. The summed E-state index contributed by atoms with van der Waals surface area (Å²) in [4.78, 5) is 34.2. The Morgan fingerprint density at radius 2 is 1.94 bits per heavy atom. The van der Waals surface area contributed by atoms with E-state index in [1.165, 1.54) is 0 Å². The van der Waals surface area contributed by atoms with Crippen LogP contribution in [-0.2, 0) is 17.8 Å². The Kier molecular flexibility index (Phi) is 4.82. The standard InChI is InChI=1S/C25H20ClN5O3/c26-19-4-3-18-9-17(19)13-29-7-8-30(14-24(29)32)25(33)21-12-28-23-6-5-20(31(21)23)15-1-2-16(11-27)22(10-15)34-18/h1-4,9-10,12,20H,5-8,13-14H2/t20-/m0/s1. The van der Waals surface area contributed by atoms with Gasteiger partial charge in [0.25, 0.3) is 5.91 Å². The lowest BCUT2D eigenvalue weighted by Crippen LogP contribution is -2.52. The number of nitriles is 1. The molecule has 0 spiro atoms. The summed E-state index contributed by atoms with van der Waals surface area (Å²) in [7, 11) is 0. The van der Waals surface area contributed by atoms with Gasteiger partial charge >= 0.3 is 0 Å². The molecule has 170 valence electrons. The number of halogens is 1. The molecule has 0 saturated carbocycles. The smallest absolute Gasteiger partial charge is 0.272 e. The molecule has 6 bridgehead atoms. The fourth-order valence-electron chi connectivity index (χ4n) is 5.00. The van der Waals surface area contributed by atoms with Crippen molar-refractivity contribution in [3.05, 3.63) is 75.8 Å². The SMILES string of the molecule is N#Cc1ccc2cc1Oc1ccc(Cl)c(c1)CN1CCN(CC1=O)C(=O)c1cnc3n1[C@H]2CC3. The summed E-state index contributed by atoms with van der Waals surface area (Å²) >= 11 is 6.43. The number of nitrogens with zero attached hydrogens (tertiary/aromatic N) is 5. The molecule has 3 aromatic rings. The van der Waals surface area contributed by atoms with Crippen LogP contribution in [0.25, 0.3) is 0 Å². The van der Waals surface area contributed by atoms with E-state index in [0.717, 1.165) is 29.8 Å². The summed E-state index contributed by atoms with van der Waals surface area (Å²) in [5.41, 5.74) is 2.56. The van der Waals surface area contributed by atoms with Crippen LogP contribution in [0.1, 0.15) is 45.5 Å². The Morgan fingerprint density at radius 1 is 1.09 bits per heavy atom. The molecule has 34 heavy (non-hydrogen) atoms. The van der Waals surface area contributed by atoms with Crippen LogP contribution in [0, 0.1) is 11.3 Å². The minimum Gasteiger partial charge on any atom is -0.456 e. The van der Waals surface area contributed by atoms with E-state index < -0.39 is 0 Å². The second-order valence-electron chi connectivity index (χ2n) is 8.75. The predicted octanol–water partition coefficient (Wildman–Crippen LogP) is 3.53. The first-order chi connectivity index (χ1) is 16.5. The van der Waals surface area contributed by atoms with Crippen LogP contribution in [-0.4, -0.2) is 50.8 Å². The molecule has 0 N–H and O–H groups in total. The second-order valence-corrected chi connectivity index (χ2v) is 9.16. The number of hydrogen-bond donors (Lipinski definition) is 0. The fourth-order valence-corrected chi connectivity index (χ4v) is 5.18. The van der Waals surface area contributed by atoms with Gasteiger partial charge in [0.1, 0.15) is 35.6 Å². The van der Waals surface area contributed by atoms with Gasteiger partial charge in [-0.25, -0.2) is 4.98 Å². The largest absolute Gasteiger partial charge is 0.456 e. The van der Waals surface area contributed by atoms with E-state index >= 15 is 0 Å². The zero-order chi connectivity index (χ0) is 23.4. The van der Waals surface area contributed by atoms with Gasteiger partial charge in [-0.05, 0) is 47.9 Å². The first-order valence-corrected chi connectivity index (χ1v) is 11.5. The van der Waals surface area contributed by atoms with Gasteiger partial charge in [-0.1, -0.05) is 17.7 Å². The van der Waals surface area contributed by atoms with Gasteiger partial charge in [-0.3, -0.25) is 9.59 Å². The van der Waals surface area contributed by atoms with Gasteiger partial charge in [0.05, 0.1) is 17.8 Å². The van der Waals surface area contributed by atoms with Crippen molar-refractivity contribution < 1.29 is 14.3 Å². The number of piperazine rings is 1. The number of amides is 2. The number of imidazole rings is 1. The quantitative estimate of drug-likeness (QED) is 0.498. The summed E-state index contributed by atoms with van der Waals surface area (Å²) in [6, 6.07) is 12.9. The van der Waals surface area contributed by atoms with E-state index in [9.17, 15) is 14.9 Å². The van der Waals surface area contributed by atoms with Crippen molar-refractivity contribution in [3.8, 4) is 17.6 Å². The number of benzene rings is 2. The lowest BCUT2D eigenvalue weighted by Gasteiger charge is -2.35. The molecule has 7 rings (SSSR count). The van der Waals surface area contributed by atoms with Crippen molar-refractivity contribution in [2.45, 2.75) is 25.4 Å². The minimum atomic E-state index is -0.198. The van der Waals surface area contributed by atoms with Gasteiger partial charge in [-0.15, -0.1) is 0 Å². The van der Waals surface area contributed by atoms with E-state index in [1.807, 2.05) is 16.7 Å². The highest BCUT2D eigenvalue weighted by Crippen LogP contribution is 2.37. The molecular weight excluding hydrogens is 454 g/mol. The maximum absolute atomic E-state index is 13.4. The number of fused-ring (bicyclic) bond motifs is 2. The molecule has 0 aliphatic carbocycles. The van der Waals surface area contributed by atoms with Crippen LogP contribution in [0.4, 0.5) is 0 Å². The van der Waals surface area contributed by atoms with Crippen molar-refractivity contribution in [2.75, 3.05) is 19.6 Å². The number of carbonyl (C=O) groups is 2. The zero-order valence-corrected chi connectivity index (χ0v) is 19.0. The molecule has 4 aliphatic heterocycles. The monoisotopic (exact) mass is 473 g/mol. The van der Waals surface area contributed by atoms with Crippen LogP contribution in [0.15, 0.2) is 42.6 Å². The van der Waals surface area contributed by atoms with E-state index in [0.29, 0.717) is 47.4 Å². The average Bonchev–Trinajstić information content (AvgIpc) is 3.44. The first-order valence-electron chi connectivity index (χ1n) is 11.2. The van der Waals surface area contributed by atoms with Crippen LogP contribution in [0.5, 0.6) is 11.5 Å². The van der Waals surface area contributed by atoms with Crippen LogP contribution < -0.4 is 4.74 Å². The van der Waals surface area contributed by atoms with E-state index in [-0.39, 0.29) is 24.4 Å². The molecule has 4 aliphatic rings. The Hall–Kier alpha value is -3.83. The van der Waals surface area contributed by atoms with Crippen molar-refractivity contribution >= 4 is 23.4 Å². The molecule has 2 aromatic carbocycles. The minimum absolute atomic E-state index is 0.0127. The molecule has 1 saturated heterocycles. The van der Waals surface area contributed by atoms with E-state index in [1.54, 1.807) is 40.3 Å². The number of carbonyl (C=O) groups excluding carboxylic acids is 2.